The molecule has 4 aromatic rings. The molecule has 4 fully saturated rings. The number of rotatable bonds is 5. The Kier molecular flexibility index (Phi) is 7.49. The van der Waals surface area contributed by atoms with Gasteiger partial charge in [-0.2, -0.15) is 20.5 Å². The highest BCUT2D eigenvalue weighted by Crippen LogP contribution is 2.47. The Morgan fingerprint density at radius 3 is 2.85 bits per heavy atom. The molecule has 0 radical (unpaired) electrons. The van der Waals surface area contributed by atoms with E-state index in [0.717, 1.165) is 30.7 Å². The first-order chi connectivity index (χ1) is 23.2. The van der Waals surface area contributed by atoms with Crippen molar-refractivity contribution in [1.29, 1.82) is 10.5 Å². The van der Waals surface area contributed by atoms with Crippen LogP contribution in [0.25, 0.3) is 32.1 Å². The molecule has 15 heteroatoms. The number of benzene rings is 2. The summed E-state index contributed by atoms with van der Waals surface area (Å²) in [6, 6.07) is 6.09. The molecular formula is C33H30ClF3N8O2S. The third-order valence-corrected chi connectivity index (χ3v) is 11.8. The molecule has 248 valence electrons. The molecule has 4 aliphatic rings. The highest BCUT2D eigenvalue weighted by Gasteiger charge is 2.50. The summed E-state index contributed by atoms with van der Waals surface area (Å²) in [6.45, 7) is 3.41. The summed E-state index contributed by atoms with van der Waals surface area (Å²) in [4.78, 5) is 15.1. The van der Waals surface area contributed by atoms with E-state index in [-0.39, 0.29) is 54.9 Å². The molecule has 1 spiro atoms. The number of nitrogens with zero attached hydrogens (tertiary/aromatic N) is 7. The third kappa shape index (κ3) is 4.72. The van der Waals surface area contributed by atoms with Gasteiger partial charge in [-0.05, 0) is 43.5 Å². The number of thiophene rings is 1. The van der Waals surface area contributed by atoms with Crippen molar-refractivity contribution >= 4 is 54.7 Å². The van der Waals surface area contributed by atoms with E-state index in [9.17, 15) is 19.3 Å². The number of ether oxygens (including phenoxy) is 2. The van der Waals surface area contributed by atoms with Crippen LogP contribution in [0, 0.1) is 34.4 Å². The number of nitriles is 2. The average molecular weight is 695 g/mol. The molecule has 4 saturated heterocycles. The Morgan fingerprint density at radius 2 is 2.04 bits per heavy atom. The third-order valence-electron chi connectivity index (χ3n) is 10.4. The van der Waals surface area contributed by atoms with E-state index in [2.05, 4.69) is 16.1 Å². The first kappa shape index (κ1) is 31.2. The van der Waals surface area contributed by atoms with E-state index in [1.54, 1.807) is 11.0 Å². The zero-order chi connectivity index (χ0) is 33.4. The van der Waals surface area contributed by atoms with Gasteiger partial charge in [-0.15, -0.1) is 11.3 Å². The first-order valence-electron chi connectivity index (χ1n) is 15.8. The minimum Gasteiger partial charge on any atom is -0.461 e. The van der Waals surface area contributed by atoms with Crippen LogP contribution < -0.4 is 15.4 Å². The van der Waals surface area contributed by atoms with Crippen molar-refractivity contribution in [3.8, 4) is 29.4 Å². The first-order valence-corrected chi connectivity index (χ1v) is 17.0. The summed E-state index contributed by atoms with van der Waals surface area (Å²) in [5, 5.41) is 20.4. The summed E-state index contributed by atoms with van der Waals surface area (Å²) in [6.07, 6.45) is 3.99. The van der Waals surface area contributed by atoms with Crippen LogP contribution in [0.1, 0.15) is 31.2 Å². The van der Waals surface area contributed by atoms with Crippen LogP contribution in [0.4, 0.5) is 24.0 Å². The second-order valence-electron chi connectivity index (χ2n) is 13.1. The van der Waals surface area contributed by atoms with Crippen LogP contribution in [0.5, 0.6) is 6.01 Å². The molecular weight excluding hydrogens is 665 g/mol. The summed E-state index contributed by atoms with van der Waals surface area (Å²) in [5.41, 5.74) is 5.09. The Hall–Kier alpha value is -4.08. The molecule has 2 aromatic carbocycles. The number of halogens is 4. The quantitative estimate of drug-likeness (QED) is 0.263. The highest BCUT2D eigenvalue weighted by atomic mass is 35.5. The minimum absolute atomic E-state index is 0.00841. The van der Waals surface area contributed by atoms with Crippen LogP contribution in [-0.2, 0) is 4.74 Å². The van der Waals surface area contributed by atoms with Crippen molar-refractivity contribution in [3.63, 3.8) is 0 Å². The van der Waals surface area contributed by atoms with Gasteiger partial charge in [-0.25, -0.2) is 13.2 Å². The maximum atomic E-state index is 17.0. The van der Waals surface area contributed by atoms with E-state index in [4.69, 9.17) is 31.8 Å². The van der Waals surface area contributed by atoms with Crippen LogP contribution >= 0.6 is 22.9 Å². The zero-order valence-corrected chi connectivity index (χ0v) is 27.3. The molecule has 0 saturated carbocycles. The fourth-order valence-electron chi connectivity index (χ4n) is 8.13. The second kappa shape index (κ2) is 11.5. The average Bonchev–Trinajstić information content (AvgIpc) is 3.82. The molecule has 3 atom stereocenters. The van der Waals surface area contributed by atoms with Crippen molar-refractivity contribution in [1.82, 2.24) is 19.8 Å². The topological polar surface area (TPSA) is 128 Å². The smallest absolute Gasteiger partial charge is 0.319 e. The summed E-state index contributed by atoms with van der Waals surface area (Å²) in [7, 11) is 0. The fourth-order valence-corrected chi connectivity index (χ4v) is 9.38. The number of nitrogens with two attached hydrogens (primary N) is 1. The van der Waals surface area contributed by atoms with Gasteiger partial charge in [0.05, 0.1) is 46.1 Å². The van der Waals surface area contributed by atoms with Crippen molar-refractivity contribution in [2.24, 2.45) is 0 Å². The predicted molar refractivity (Wildman–Crippen MR) is 176 cm³/mol. The monoisotopic (exact) mass is 694 g/mol. The lowest BCUT2D eigenvalue weighted by atomic mass is 9.95. The molecule has 48 heavy (non-hydrogen) atoms. The maximum absolute atomic E-state index is 17.0. The van der Waals surface area contributed by atoms with Crippen LogP contribution in [0.2, 0.25) is 5.02 Å². The van der Waals surface area contributed by atoms with Crippen molar-refractivity contribution in [2.75, 3.05) is 63.2 Å². The molecule has 2 N–H and O–H groups in total. The van der Waals surface area contributed by atoms with E-state index >= 15 is 4.39 Å². The number of fused-ring (bicyclic) bond motifs is 3. The molecule has 4 aliphatic heterocycles. The standard InChI is InChI=1S/C33H30ClF3N8O2S/c34-22-10-20-27(26(37)25(22)19-2-3-23(36)28-24(19)21(12-38)29(40)48-28)41-31(47-16-32-4-1-6-44(32)13-18(35)11-32)42-30(20)43-7-5-33(14-43)15-46-9-8-45(33)17-39/h2-3,10,18H,1,4-9,11,13-16,40H2/t18-,32+,33?/m1/s1. The molecule has 8 rings (SSSR count). The van der Waals surface area contributed by atoms with Gasteiger partial charge >= 0.3 is 6.01 Å². The molecule has 0 bridgehead atoms. The van der Waals surface area contributed by atoms with Crippen molar-refractivity contribution < 1.29 is 22.6 Å². The summed E-state index contributed by atoms with van der Waals surface area (Å²) >= 11 is 7.76. The summed E-state index contributed by atoms with van der Waals surface area (Å²) in [5.74, 6) is -1.01. The molecule has 10 nitrogen and oxygen atoms in total. The molecule has 0 aliphatic carbocycles. The number of aromatic nitrogens is 2. The van der Waals surface area contributed by atoms with Gasteiger partial charge in [-0.1, -0.05) is 17.7 Å². The fraction of sp³-hybridized carbons (Fsp3) is 0.455. The second-order valence-corrected chi connectivity index (χ2v) is 14.5. The van der Waals surface area contributed by atoms with E-state index in [1.165, 1.54) is 12.1 Å². The number of anilines is 2. The maximum Gasteiger partial charge on any atom is 0.319 e. The predicted octanol–water partition coefficient (Wildman–Crippen LogP) is 5.61. The number of hydrogen-bond acceptors (Lipinski definition) is 11. The number of hydrogen-bond donors (Lipinski definition) is 1. The Bertz CT molecular complexity index is 2070. The number of morpholine rings is 1. The molecule has 6 heterocycles. The van der Waals surface area contributed by atoms with E-state index in [1.807, 2.05) is 11.0 Å². The zero-order valence-electron chi connectivity index (χ0n) is 25.7. The lowest BCUT2D eigenvalue weighted by Crippen LogP contribution is -2.56. The summed E-state index contributed by atoms with van der Waals surface area (Å²) < 4.78 is 58.6. The van der Waals surface area contributed by atoms with Crippen LogP contribution in [-0.4, -0.2) is 89.6 Å². The normalized spacial score (nSPS) is 25.7. The van der Waals surface area contributed by atoms with Gasteiger partial charge in [0.15, 0.2) is 12.0 Å². The molecule has 1 unspecified atom stereocenters. The molecule has 2 aromatic heterocycles. The number of nitrogen functional groups attached to an aromatic ring is 1. The van der Waals surface area contributed by atoms with Gasteiger partial charge in [0.2, 0.25) is 0 Å². The van der Waals surface area contributed by atoms with Crippen molar-refractivity contribution in [2.45, 2.75) is 42.9 Å². The van der Waals surface area contributed by atoms with Gasteiger partial charge in [0.1, 0.15) is 41.0 Å². The van der Waals surface area contributed by atoms with E-state index in [0.29, 0.717) is 63.4 Å². The highest BCUT2D eigenvalue weighted by molar-refractivity contribution is 7.23. The van der Waals surface area contributed by atoms with Gasteiger partial charge in [-0.3, -0.25) is 9.80 Å². The Balaban J connectivity index is 1.28. The lowest BCUT2D eigenvalue weighted by Gasteiger charge is -2.40. The minimum atomic E-state index is -0.956. The molecule has 0 amide bonds. The van der Waals surface area contributed by atoms with Gasteiger partial charge < -0.3 is 20.1 Å². The number of alkyl halides is 1. The van der Waals surface area contributed by atoms with Gasteiger partial charge in [0, 0.05) is 42.4 Å². The Labute approximate surface area is 283 Å². The van der Waals surface area contributed by atoms with Crippen LogP contribution in [0.3, 0.4) is 0 Å². The van der Waals surface area contributed by atoms with Gasteiger partial charge in [0.25, 0.3) is 0 Å². The SMILES string of the molecule is N#Cc1c(N)sc2c(F)ccc(-c3c(Cl)cc4c(N5CCC6(COCCN6C#N)C5)nc(OC[C@@]56CCCN5C[C@H](F)C6)nc4c3F)c12. The Morgan fingerprint density at radius 1 is 1.19 bits per heavy atom. The van der Waals surface area contributed by atoms with E-state index < -0.39 is 28.9 Å². The van der Waals surface area contributed by atoms with Crippen molar-refractivity contribution in [3.05, 3.63) is 40.4 Å². The van der Waals surface area contributed by atoms with Crippen LogP contribution in [0.15, 0.2) is 18.2 Å². The lowest BCUT2D eigenvalue weighted by molar-refractivity contribution is -0.0293. The largest absolute Gasteiger partial charge is 0.461 e.